The normalized spacial score (nSPS) is 16.2. The van der Waals surface area contributed by atoms with Gasteiger partial charge in [-0.3, -0.25) is 14.9 Å². The first-order chi connectivity index (χ1) is 6.90. The van der Waals surface area contributed by atoms with Crippen molar-refractivity contribution >= 4 is 12.3 Å². The largest absolute Gasteiger partial charge is 0.465 e. The van der Waals surface area contributed by atoms with Gasteiger partial charge in [0.1, 0.15) is 11.7 Å². The molecule has 6 heteroatoms. The average Bonchev–Trinajstić information content (AvgIpc) is 2.17. The van der Waals surface area contributed by atoms with Crippen molar-refractivity contribution in [1.29, 1.82) is 0 Å². The van der Waals surface area contributed by atoms with Crippen molar-refractivity contribution in [2.45, 2.75) is 33.2 Å². The third-order valence-electron chi connectivity index (χ3n) is 2.49. The van der Waals surface area contributed by atoms with E-state index in [1.54, 1.807) is 6.92 Å². The van der Waals surface area contributed by atoms with Crippen molar-refractivity contribution in [1.82, 2.24) is 0 Å². The fourth-order valence-electron chi connectivity index (χ4n) is 1.13. The first kappa shape index (κ1) is 13.5. The number of carbonyl (C=O) groups excluding carboxylic acids is 2. The second-order valence-electron chi connectivity index (χ2n) is 3.47. The van der Waals surface area contributed by atoms with Crippen LogP contribution >= 0.6 is 0 Å². The van der Waals surface area contributed by atoms with Crippen LogP contribution in [-0.4, -0.2) is 29.8 Å². The van der Waals surface area contributed by atoms with Crippen LogP contribution in [0.3, 0.4) is 0 Å². The Morgan fingerprint density at radius 3 is 2.53 bits per heavy atom. The molecule has 0 rings (SSSR count). The molecule has 0 amide bonds. The number of rotatable bonds is 6. The third-order valence-corrected chi connectivity index (χ3v) is 2.49. The van der Waals surface area contributed by atoms with E-state index >= 15 is 0 Å². The number of nitrogens with zero attached hydrogens (tertiary/aromatic N) is 1. The van der Waals surface area contributed by atoms with Gasteiger partial charge in [0.25, 0.3) is 0 Å². The van der Waals surface area contributed by atoms with Crippen LogP contribution in [0, 0.1) is 15.5 Å². The number of carbonyl (C=O) groups is 2. The lowest BCUT2D eigenvalue weighted by Gasteiger charge is -2.25. The summed E-state index contributed by atoms with van der Waals surface area (Å²) >= 11 is 0. The molecule has 1 unspecified atom stereocenters. The number of nitro groups is 1. The maximum atomic E-state index is 11.5. The van der Waals surface area contributed by atoms with Gasteiger partial charge in [-0.15, -0.1) is 0 Å². The number of esters is 1. The quantitative estimate of drug-likeness (QED) is 0.284. The number of hydrogen-bond acceptors (Lipinski definition) is 5. The standard InChI is InChI=1S/C9H15NO5/c1-4-15-8(12)9(3,5-6-11)7(2)10(13)14/h6-7H,4-5H2,1-3H3/t7?,9-/m1/s1. The van der Waals surface area contributed by atoms with Gasteiger partial charge in [0.05, 0.1) is 6.61 Å². The molecule has 0 heterocycles. The number of aldehydes is 1. The zero-order valence-corrected chi connectivity index (χ0v) is 9.06. The van der Waals surface area contributed by atoms with Gasteiger partial charge >= 0.3 is 5.97 Å². The fourth-order valence-corrected chi connectivity index (χ4v) is 1.13. The van der Waals surface area contributed by atoms with Crippen molar-refractivity contribution < 1.29 is 19.2 Å². The number of hydrogen-bond donors (Lipinski definition) is 0. The van der Waals surface area contributed by atoms with Crippen molar-refractivity contribution in [2.75, 3.05) is 6.61 Å². The van der Waals surface area contributed by atoms with E-state index in [0.717, 1.165) is 0 Å². The van der Waals surface area contributed by atoms with Crippen LogP contribution in [0.25, 0.3) is 0 Å². The van der Waals surface area contributed by atoms with E-state index < -0.39 is 22.3 Å². The summed E-state index contributed by atoms with van der Waals surface area (Å²) in [7, 11) is 0. The molecule has 0 N–H and O–H groups in total. The van der Waals surface area contributed by atoms with Crippen LogP contribution in [0.5, 0.6) is 0 Å². The fraction of sp³-hybridized carbons (Fsp3) is 0.778. The van der Waals surface area contributed by atoms with Gasteiger partial charge in [-0.25, -0.2) is 0 Å². The maximum Gasteiger partial charge on any atom is 0.319 e. The monoisotopic (exact) mass is 217 g/mol. The molecule has 86 valence electrons. The first-order valence-electron chi connectivity index (χ1n) is 4.64. The molecule has 0 saturated carbocycles. The molecule has 0 aliphatic carbocycles. The van der Waals surface area contributed by atoms with Gasteiger partial charge in [-0.05, 0) is 13.8 Å². The molecule has 6 nitrogen and oxygen atoms in total. The third kappa shape index (κ3) is 3.00. The lowest BCUT2D eigenvalue weighted by Crippen LogP contribution is -2.44. The molecular formula is C9H15NO5. The van der Waals surface area contributed by atoms with E-state index in [2.05, 4.69) is 0 Å². The molecular weight excluding hydrogens is 202 g/mol. The topological polar surface area (TPSA) is 86.5 Å². The van der Waals surface area contributed by atoms with Crippen molar-refractivity contribution in [3.05, 3.63) is 10.1 Å². The molecule has 15 heavy (non-hydrogen) atoms. The molecule has 0 aliphatic rings. The minimum absolute atomic E-state index is 0.137. The smallest absolute Gasteiger partial charge is 0.319 e. The highest BCUT2D eigenvalue weighted by molar-refractivity contribution is 5.80. The molecule has 0 aliphatic heterocycles. The van der Waals surface area contributed by atoms with Crippen molar-refractivity contribution in [2.24, 2.45) is 5.41 Å². The molecule has 0 fully saturated rings. The molecule has 0 aromatic rings. The molecule has 0 bridgehead atoms. The van der Waals surface area contributed by atoms with Gasteiger partial charge < -0.3 is 9.53 Å². The highest BCUT2D eigenvalue weighted by Gasteiger charge is 2.47. The van der Waals surface area contributed by atoms with Crippen LogP contribution in [0.4, 0.5) is 0 Å². The summed E-state index contributed by atoms with van der Waals surface area (Å²) in [5.41, 5.74) is -1.39. The highest BCUT2D eigenvalue weighted by atomic mass is 16.6. The van der Waals surface area contributed by atoms with Crippen LogP contribution < -0.4 is 0 Å². The van der Waals surface area contributed by atoms with Crippen LogP contribution in [0.1, 0.15) is 27.2 Å². The average molecular weight is 217 g/mol. The highest BCUT2D eigenvalue weighted by Crippen LogP contribution is 2.28. The van der Waals surface area contributed by atoms with Crippen LogP contribution in [-0.2, 0) is 14.3 Å². The minimum atomic E-state index is -1.39. The summed E-state index contributed by atoms with van der Waals surface area (Å²) < 4.78 is 4.73. The molecule has 0 aromatic heterocycles. The Balaban J connectivity index is 4.94. The molecule has 0 spiro atoms. The van der Waals surface area contributed by atoms with E-state index in [4.69, 9.17) is 4.74 Å². The Labute approximate surface area is 87.7 Å². The minimum Gasteiger partial charge on any atom is -0.465 e. The molecule has 2 atom stereocenters. The van der Waals surface area contributed by atoms with Crippen molar-refractivity contribution in [3.8, 4) is 0 Å². The first-order valence-corrected chi connectivity index (χ1v) is 4.64. The Hall–Kier alpha value is -1.46. The van der Waals surface area contributed by atoms with E-state index in [1.807, 2.05) is 0 Å². The summed E-state index contributed by atoms with van der Waals surface area (Å²) in [6.45, 7) is 4.40. The van der Waals surface area contributed by atoms with Gasteiger partial charge in [0.15, 0.2) is 0 Å². The van der Waals surface area contributed by atoms with E-state index in [1.165, 1.54) is 13.8 Å². The Kier molecular flexibility index (Phi) is 4.90. The molecule has 0 radical (unpaired) electrons. The van der Waals surface area contributed by atoms with Crippen LogP contribution in [0.15, 0.2) is 0 Å². The summed E-state index contributed by atoms with van der Waals surface area (Å²) in [6.07, 6.45) is 0.283. The maximum absolute atomic E-state index is 11.5. The summed E-state index contributed by atoms with van der Waals surface area (Å²) in [5, 5.41) is 10.6. The summed E-state index contributed by atoms with van der Waals surface area (Å²) in [6, 6.07) is -1.15. The lowest BCUT2D eigenvalue weighted by molar-refractivity contribution is -0.533. The van der Waals surface area contributed by atoms with Gasteiger partial charge in [-0.2, -0.15) is 0 Å². The Bertz CT molecular complexity index is 265. The Morgan fingerprint density at radius 2 is 2.20 bits per heavy atom. The predicted octanol–water partition coefficient (Wildman–Crippen LogP) is 0.810. The second kappa shape index (κ2) is 5.43. The second-order valence-corrected chi connectivity index (χ2v) is 3.47. The zero-order chi connectivity index (χ0) is 12.1. The summed E-state index contributed by atoms with van der Waals surface area (Å²) in [5.74, 6) is -0.707. The van der Waals surface area contributed by atoms with Gasteiger partial charge in [-0.1, -0.05) is 0 Å². The van der Waals surface area contributed by atoms with Gasteiger partial charge in [0.2, 0.25) is 6.04 Å². The van der Waals surface area contributed by atoms with Crippen LogP contribution in [0.2, 0.25) is 0 Å². The molecule has 0 aromatic carbocycles. The Morgan fingerprint density at radius 1 is 1.67 bits per heavy atom. The summed E-state index contributed by atoms with van der Waals surface area (Å²) in [4.78, 5) is 32.0. The SMILES string of the molecule is CCOC(=O)[C@](C)(CC=O)C(C)[N+](=O)[O-]. The zero-order valence-electron chi connectivity index (χ0n) is 9.06. The van der Waals surface area contributed by atoms with E-state index in [9.17, 15) is 19.7 Å². The van der Waals surface area contributed by atoms with Gasteiger partial charge in [0, 0.05) is 18.3 Å². The van der Waals surface area contributed by atoms with E-state index in [-0.39, 0.29) is 13.0 Å². The predicted molar refractivity (Wildman–Crippen MR) is 51.9 cm³/mol. The van der Waals surface area contributed by atoms with E-state index in [0.29, 0.717) is 6.29 Å². The number of ether oxygens (including phenoxy) is 1. The molecule has 0 saturated heterocycles. The lowest BCUT2D eigenvalue weighted by atomic mass is 9.80. The van der Waals surface area contributed by atoms with Crippen molar-refractivity contribution in [3.63, 3.8) is 0 Å².